The van der Waals surface area contributed by atoms with Crippen LogP contribution >= 0.6 is 0 Å². The van der Waals surface area contributed by atoms with E-state index in [9.17, 15) is 18.3 Å². The number of hydrogen-bond donors (Lipinski definition) is 2. The number of aliphatic hydroxyl groups is 1. The van der Waals surface area contributed by atoms with Crippen LogP contribution in [0.4, 0.5) is 0 Å². The number of aliphatic hydroxyl groups excluding tert-OH is 1. The SMILES string of the molecule is CS(=O)(=O)C[C@@H](O)c1cc2n(n1)CCN(Cc1noc(C(N)=O)n1)C2. The molecule has 136 valence electrons. The zero-order valence-corrected chi connectivity index (χ0v) is 14.3. The summed E-state index contributed by atoms with van der Waals surface area (Å²) in [4.78, 5) is 16.9. The van der Waals surface area contributed by atoms with Gasteiger partial charge in [0.25, 0.3) is 0 Å². The number of rotatable bonds is 6. The summed E-state index contributed by atoms with van der Waals surface area (Å²) in [5.41, 5.74) is 6.24. The van der Waals surface area contributed by atoms with Crippen molar-refractivity contribution in [1.29, 1.82) is 0 Å². The average molecular weight is 370 g/mol. The maximum absolute atomic E-state index is 11.3. The fourth-order valence-electron chi connectivity index (χ4n) is 2.63. The molecule has 0 bridgehead atoms. The van der Waals surface area contributed by atoms with Crippen LogP contribution in [0.25, 0.3) is 0 Å². The molecule has 0 unspecified atom stereocenters. The monoisotopic (exact) mass is 370 g/mol. The van der Waals surface area contributed by atoms with Crippen LogP contribution in [0.15, 0.2) is 10.6 Å². The van der Waals surface area contributed by atoms with Crippen molar-refractivity contribution in [2.24, 2.45) is 5.73 Å². The van der Waals surface area contributed by atoms with Gasteiger partial charge in [0.15, 0.2) is 5.82 Å². The molecule has 12 heteroatoms. The van der Waals surface area contributed by atoms with Gasteiger partial charge in [0.1, 0.15) is 15.9 Å². The van der Waals surface area contributed by atoms with Gasteiger partial charge in [-0.2, -0.15) is 10.1 Å². The molecular weight excluding hydrogens is 352 g/mol. The highest BCUT2D eigenvalue weighted by atomic mass is 32.2. The van der Waals surface area contributed by atoms with Crippen LogP contribution in [-0.2, 0) is 29.5 Å². The van der Waals surface area contributed by atoms with E-state index in [-0.39, 0.29) is 11.6 Å². The minimum atomic E-state index is -3.30. The van der Waals surface area contributed by atoms with Crippen LogP contribution in [0.2, 0.25) is 0 Å². The van der Waals surface area contributed by atoms with E-state index >= 15 is 0 Å². The zero-order chi connectivity index (χ0) is 18.2. The topological polar surface area (TPSA) is 157 Å². The second kappa shape index (κ2) is 6.54. The maximum Gasteiger partial charge on any atom is 0.315 e. The molecule has 0 radical (unpaired) electrons. The molecule has 11 nitrogen and oxygen atoms in total. The number of fused-ring (bicyclic) bond motifs is 1. The summed E-state index contributed by atoms with van der Waals surface area (Å²) in [7, 11) is -3.30. The van der Waals surface area contributed by atoms with E-state index in [1.54, 1.807) is 10.7 Å². The number of sulfone groups is 1. The van der Waals surface area contributed by atoms with Gasteiger partial charge < -0.3 is 15.4 Å². The highest BCUT2D eigenvalue weighted by Gasteiger charge is 2.24. The fourth-order valence-corrected chi connectivity index (χ4v) is 3.38. The highest BCUT2D eigenvalue weighted by molar-refractivity contribution is 7.90. The van der Waals surface area contributed by atoms with Crippen molar-refractivity contribution >= 4 is 15.7 Å². The summed E-state index contributed by atoms with van der Waals surface area (Å²) < 4.78 is 29.1. The van der Waals surface area contributed by atoms with Gasteiger partial charge in [-0.15, -0.1) is 0 Å². The van der Waals surface area contributed by atoms with E-state index in [1.807, 2.05) is 4.90 Å². The summed E-state index contributed by atoms with van der Waals surface area (Å²) in [5, 5.41) is 18.0. The Kier molecular flexibility index (Phi) is 4.58. The molecule has 0 saturated heterocycles. The molecule has 3 rings (SSSR count). The molecular formula is C13H18N6O5S. The quantitative estimate of drug-likeness (QED) is 0.614. The van der Waals surface area contributed by atoms with Crippen LogP contribution in [0.1, 0.15) is 34.0 Å². The molecule has 0 saturated carbocycles. The first-order valence-electron chi connectivity index (χ1n) is 7.48. The highest BCUT2D eigenvalue weighted by Crippen LogP contribution is 2.20. The molecule has 1 aliphatic rings. The Morgan fingerprint density at radius 2 is 2.24 bits per heavy atom. The minimum Gasteiger partial charge on any atom is -0.386 e. The van der Waals surface area contributed by atoms with Gasteiger partial charge in [0.05, 0.1) is 30.2 Å². The van der Waals surface area contributed by atoms with Crippen molar-refractivity contribution in [3.8, 4) is 0 Å². The molecule has 0 aromatic carbocycles. The number of hydrogen-bond acceptors (Lipinski definition) is 9. The normalized spacial score (nSPS) is 16.6. The van der Waals surface area contributed by atoms with E-state index in [2.05, 4.69) is 15.2 Å². The Morgan fingerprint density at radius 1 is 1.48 bits per heavy atom. The summed E-state index contributed by atoms with van der Waals surface area (Å²) in [6.45, 7) is 2.10. The summed E-state index contributed by atoms with van der Waals surface area (Å²) in [5.74, 6) is -1.03. The Bertz CT molecular complexity index is 889. The zero-order valence-electron chi connectivity index (χ0n) is 13.5. The third kappa shape index (κ3) is 4.21. The minimum absolute atomic E-state index is 0.233. The van der Waals surface area contributed by atoms with Gasteiger partial charge in [0.2, 0.25) is 0 Å². The molecule has 1 amide bonds. The first-order chi connectivity index (χ1) is 11.7. The number of aromatic nitrogens is 4. The van der Waals surface area contributed by atoms with Crippen molar-refractivity contribution in [2.45, 2.75) is 25.7 Å². The van der Waals surface area contributed by atoms with Crippen molar-refractivity contribution in [3.63, 3.8) is 0 Å². The van der Waals surface area contributed by atoms with Gasteiger partial charge in [-0.3, -0.25) is 14.4 Å². The predicted octanol–water partition coefficient (Wildman–Crippen LogP) is -1.54. The lowest BCUT2D eigenvalue weighted by Crippen LogP contribution is -2.33. The fraction of sp³-hybridized carbons (Fsp3) is 0.538. The summed E-state index contributed by atoms with van der Waals surface area (Å²) in [6.07, 6.45) is -0.0870. The van der Waals surface area contributed by atoms with Crippen molar-refractivity contribution in [1.82, 2.24) is 24.8 Å². The number of amides is 1. The first kappa shape index (κ1) is 17.5. The molecule has 1 aliphatic heterocycles. The van der Waals surface area contributed by atoms with E-state index in [0.717, 1.165) is 11.9 Å². The Balaban J connectivity index is 1.67. The molecule has 3 N–H and O–H groups in total. The van der Waals surface area contributed by atoms with Crippen LogP contribution < -0.4 is 5.73 Å². The van der Waals surface area contributed by atoms with Crippen LogP contribution in [0, 0.1) is 0 Å². The van der Waals surface area contributed by atoms with Crippen LogP contribution in [0.5, 0.6) is 0 Å². The van der Waals surface area contributed by atoms with E-state index in [4.69, 9.17) is 10.3 Å². The Hall–Kier alpha value is -2.31. The lowest BCUT2D eigenvalue weighted by atomic mass is 10.2. The van der Waals surface area contributed by atoms with Gasteiger partial charge in [-0.25, -0.2) is 8.42 Å². The Labute approximate surface area is 143 Å². The standard InChI is InChI=1S/C13H18N6O5S/c1-25(22,23)7-10(20)9-4-8-5-18(2-3-19(8)16-9)6-11-15-13(12(14)21)24-17-11/h4,10,20H,2-3,5-7H2,1H3,(H2,14,21)/t10-/m1/s1. The molecule has 1 atom stereocenters. The summed E-state index contributed by atoms with van der Waals surface area (Å²) >= 11 is 0. The largest absolute Gasteiger partial charge is 0.386 e. The molecule has 3 heterocycles. The number of carbonyl (C=O) groups is 1. The second-order valence-electron chi connectivity index (χ2n) is 5.98. The van der Waals surface area contributed by atoms with Crippen molar-refractivity contribution < 1.29 is 22.8 Å². The van der Waals surface area contributed by atoms with E-state index in [0.29, 0.717) is 37.7 Å². The maximum atomic E-state index is 11.3. The molecule has 0 fully saturated rings. The van der Waals surface area contributed by atoms with Crippen LogP contribution in [-0.4, -0.2) is 62.8 Å². The van der Waals surface area contributed by atoms with Crippen molar-refractivity contribution in [3.05, 3.63) is 29.2 Å². The number of primary amides is 1. The number of carbonyl (C=O) groups excluding carboxylic acids is 1. The number of nitrogens with zero attached hydrogens (tertiary/aromatic N) is 5. The lowest BCUT2D eigenvalue weighted by molar-refractivity contribution is 0.0958. The van der Waals surface area contributed by atoms with Gasteiger partial charge in [-0.1, -0.05) is 5.16 Å². The molecule has 0 aliphatic carbocycles. The average Bonchev–Trinajstić information content (AvgIpc) is 3.11. The smallest absolute Gasteiger partial charge is 0.315 e. The third-order valence-electron chi connectivity index (χ3n) is 3.74. The third-order valence-corrected chi connectivity index (χ3v) is 4.66. The predicted molar refractivity (Wildman–Crippen MR) is 83.8 cm³/mol. The second-order valence-corrected chi connectivity index (χ2v) is 8.17. The van der Waals surface area contributed by atoms with Gasteiger partial charge >= 0.3 is 11.8 Å². The molecule has 2 aromatic rings. The Morgan fingerprint density at radius 3 is 2.88 bits per heavy atom. The van der Waals surface area contributed by atoms with Gasteiger partial charge in [-0.05, 0) is 6.07 Å². The molecule has 0 spiro atoms. The van der Waals surface area contributed by atoms with Crippen LogP contribution in [0.3, 0.4) is 0 Å². The summed E-state index contributed by atoms with van der Waals surface area (Å²) in [6, 6.07) is 1.69. The number of nitrogens with two attached hydrogens (primary N) is 1. The first-order valence-corrected chi connectivity index (χ1v) is 9.54. The lowest BCUT2D eigenvalue weighted by Gasteiger charge is -2.26. The van der Waals surface area contributed by atoms with E-state index in [1.165, 1.54) is 0 Å². The van der Waals surface area contributed by atoms with Crippen molar-refractivity contribution in [2.75, 3.05) is 18.6 Å². The molecule has 25 heavy (non-hydrogen) atoms. The van der Waals surface area contributed by atoms with Gasteiger partial charge in [0, 0.05) is 19.3 Å². The molecule has 2 aromatic heterocycles. The van der Waals surface area contributed by atoms with E-state index < -0.39 is 21.8 Å².